The molecule has 37 heavy (non-hydrogen) atoms. The number of alkyl halides is 5. The van der Waals surface area contributed by atoms with Crippen molar-refractivity contribution in [2.45, 2.75) is 87.8 Å². The highest BCUT2D eigenvalue weighted by Gasteiger charge is 2.58. The minimum absolute atomic E-state index is 0.128. The van der Waals surface area contributed by atoms with E-state index in [4.69, 9.17) is 0 Å². The van der Waals surface area contributed by atoms with Gasteiger partial charge in [0.05, 0.1) is 6.04 Å². The lowest BCUT2D eigenvalue weighted by molar-refractivity contribution is -0.321. The maximum atomic E-state index is 13.6. The lowest BCUT2D eigenvalue weighted by atomic mass is 9.81. The molecule has 0 aromatic heterocycles. The smallest absolute Gasteiger partial charge is 0.380 e. The molecule has 208 valence electrons. The summed E-state index contributed by atoms with van der Waals surface area (Å²) in [6.07, 6.45) is -5.66. The van der Waals surface area contributed by atoms with Crippen molar-refractivity contribution in [1.82, 2.24) is 15.5 Å². The third kappa shape index (κ3) is 6.39. The average molecular weight is 539 g/mol. The molecule has 0 radical (unpaired) electrons. The zero-order valence-electron chi connectivity index (χ0n) is 20.0. The summed E-state index contributed by atoms with van der Waals surface area (Å²) in [5, 5.41) is 15.8. The van der Waals surface area contributed by atoms with Gasteiger partial charge in [-0.3, -0.25) is 23.9 Å². The number of nitrogens with zero attached hydrogens (tertiary/aromatic N) is 1. The van der Waals surface area contributed by atoms with E-state index >= 15 is 0 Å². The fraction of sp³-hybridized carbons (Fsp3) is 0.826. The second-order valence-corrected chi connectivity index (χ2v) is 10.8. The first-order valence-electron chi connectivity index (χ1n) is 12.3. The van der Waals surface area contributed by atoms with Gasteiger partial charge in [-0.15, -0.1) is 13.2 Å². The Morgan fingerprint density at radius 2 is 1.78 bits per heavy atom. The van der Waals surface area contributed by atoms with Crippen molar-refractivity contribution in [3.8, 4) is 0 Å². The first-order chi connectivity index (χ1) is 17.1. The monoisotopic (exact) mass is 539 g/mol. The third-order valence-electron chi connectivity index (χ3n) is 8.00. The summed E-state index contributed by atoms with van der Waals surface area (Å²) in [5.41, 5.74) is -2.42. The van der Waals surface area contributed by atoms with Crippen LogP contribution >= 0.6 is 0 Å². The molecule has 4 rings (SSSR count). The molecule has 0 aromatic carbocycles. The van der Waals surface area contributed by atoms with Gasteiger partial charge in [0.1, 0.15) is 18.2 Å². The van der Waals surface area contributed by atoms with Gasteiger partial charge in [-0.05, 0) is 50.4 Å². The van der Waals surface area contributed by atoms with Crippen LogP contribution in [0.25, 0.3) is 0 Å². The SMILES string of the molecule is O=C1NCC[C@H]1C[C@H](NC(=O)[C@@H]1CC2(CC2)CN1C(=O)C1(O)CCC(F)(F)CC1)C(=O)COC(F)(F)F. The van der Waals surface area contributed by atoms with Crippen LogP contribution in [0.15, 0.2) is 0 Å². The summed E-state index contributed by atoms with van der Waals surface area (Å²) in [6.45, 7) is -0.917. The van der Waals surface area contributed by atoms with Crippen molar-refractivity contribution in [2.75, 3.05) is 19.7 Å². The summed E-state index contributed by atoms with van der Waals surface area (Å²) in [4.78, 5) is 52.4. The van der Waals surface area contributed by atoms with Gasteiger partial charge >= 0.3 is 6.36 Å². The fourth-order valence-electron chi connectivity index (χ4n) is 5.50. The molecule has 4 aliphatic rings. The van der Waals surface area contributed by atoms with Gasteiger partial charge in [0, 0.05) is 31.8 Å². The number of hydrogen-bond donors (Lipinski definition) is 3. The molecule has 9 nitrogen and oxygen atoms in total. The number of nitrogens with one attached hydrogen (secondary N) is 2. The number of Topliss-reactive ketones (excluding diaryl/α,β-unsaturated/α-hetero) is 1. The molecule has 4 fully saturated rings. The van der Waals surface area contributed by atoms with Crippen molar-refractivity contribution in [1.29, 1.82) is 0 Å². The number of hydrogen-bond acceptors (Lipinski definition) is 6. The van der Waals surface area contributed by atoms with E-state index in [1.807, 2.05) is 0 Å². The van der Waals surface area contributed by atoms with Gasteiger partial charge in [-0.25, -0.2) is 8.78 Å². The number of rotatable bonds is 8. The first-order valence-corrected chi connectivity index (χ1v) is 12.3. The zero-order valence-corrected chi connectivity index (χ0v) is 20.0. The van der Waals surface area contributed by atoms with Crippen LogP contribution in [0.2, 0.25) is 0 Å². The molecule has 2 aliphatic heterocycles. The highest BCUT2D eigenvalue weighted by atomic mass is 19.4. The maximum Gasteiger partial charge on any atom is 0.522 e. The lowest BCUT2D eigenvalue weighted by Gasteiger charge is -2.38. The molecule has 0 aromatic rings. The van der Waals surface area contributed by atoms with Crippen LogP contribution in [0.4, 0.5) is 22.0 Å². The molecule has 2 saturated carbocycles. The van der Waals surface area contributed by atoms with Crippen molar-refractivity contribution in [3.63, 3.8) is 0 Å². The Bertz CT molecular complexity index is 944. The summed E-state index contributed by atoms with van der Waals surface area (Å²) in [6, 6.07) is -2.62. The molecule has 3 atom stereocenters. The number of carbonyl (C=O) groups is 4. The number of halogens is 5. The standard InChI is InChI=1S/C23H30F5N3O6/c24-22(25)6-4-21(36,5-7-22)19(35)31-12-20(2-3-20)10-15(31)18(34)30-14(9-13-1-8-29-17(13)33)16(32)11-37-23(26,27)28/h13-15,36H,1-12H2,(H,29,33)(H,30,34)/t13-,14-,15-/m0/s1. The predicted octanol–water partition coefficient (Wildman–Crippen LogP) is 1.42. The molecule has 0 unspecified atom stereocenters. The Morgan fingerprint density at radius 3 is 2.32 bits per heavy atom. The normalized spacial score (nSPS) is 28.6. The van der Waals surface area contributed by atoms with Crippen LogP contribution in [0.1, 0.15) is 57.8 Å². The van der Waals surface area contributed by atoms with Crippen molar-refractivity contribution >= 4 is 23.5 Å². The van der Waals surface area contributed by atoms with Crippen LogP contribution in [-0.4, -0.2) is 83.2 Å². The summed E-state index contributed by atoms with van der Waals surface area (Å²) < 4.78 is 68.4. The summed E-state index contributed by atoms with van der Waals surface area (Å²) in [5.74, 6) is -6.84. The minimum Gasteiger partial charge on any atom is -0.380 e. The van der Waals surface area contributed by atoms with Gasteiger partial charge in [0.15, 0.2) is 5.78 Å². The zero-order chi connectivity index (χ0) is 27.2. The van der Waals surface area contributed by atoms with E-state index in [1.165, 1.54) is 0 Å². The van der Waals surface area contributed by atoms with Crippen LogP contribution in [0.5, 0.6) is 0 Å². The Morgan fingerprint density at radius 1 is 1.14 bits per heavy atom. The Balaban J connectivity index is 1.49. The van der Waals surface area contributed by atoms with Crippen LogP contribution in [0, 0.1) is 11.3 Å². The van der Waals surface area contributed by atoms with Crippen LogP contribution < -0.4 is 10.6 Å². The second kappa shape index (κ2) is 9.75. The van der Waals surface area contributed by atoms with Gasteiger partial charge in [0.2, 0.25) is 17.7 Å². The van der Waals surface area contributed by atoms with Crippen molar-refractivity contribution < 1.29 is 51.0 Å². The van der Waals surface area contributed by atoms with E-state index in [1.54, 1.807) is 0 Å². The molecule has 2 saturated heterocycles. The number of likely N-dealkylation sites (tertiary alicyclic amines) is 1. The molecule has 1 spiro atoms. The van der Waals surface area contributed by atoms with E-state index in [0.29, 0.717) is 25.8 Å². The van der Waals surface area contributed by atoms with E-state index in [-0.39, 0.29) is 24.8 Å². The third-order valence-corrected chi connectivity index (χ3v) is 8.00. The van der Waals surface area contributed by atoms with Crippen molar-refractivity contribution in [2.24, 2.45) is 11.3 Å². The van der Waals surface area contributed by atoms with Gasteiger partial charge in [0.25, 0.3) is 5.91 Å². The fourth-order valence-corrected chi connectivity index (χ4v) is 5.50. The highest BCUT2D eigenvalue weighted by Crippen LogP contribution is 2.55. The first kappa shape index (κ1) is 27.7. The lowest BCUT2D eigenvalue weighted by Crippen LogP contribution is -2.57. The molecule has 14 heteroatoms. The molecular weight excluding hydrogens is 509 g/mol. The molecule has 2 heterocycles. The van der Waals surface area contributed by atoms with E-state index in [0.717, 1.165) is 4.90 Å². The van der Waals surface area contributed by atoms with E-state index < -0.39 is 91.7 Å². The second-order valence-electron chi connectivity index (χ2n) is 10.8. The Hall–Kier alpha value is -2.35. The Labute approximate surface area is 209 Å². The minimum atomic E-state index is -5.08. The molecule has 2 aliphatic carbocycles. The van der Waals surface area contributed by atoms with Gasteiger partial charge < -0.3 is 20.6 Å². The van der Waals surface area contributed by atoms with Gasteiger partial charge in [-0.1, -0.05) is 0 Å². The molecule has 3 N–H and O–H groups in total. The summed E-state index contributed by atoms with van der Waals surface area (Å²) in [7, 11) is 0. The number of carbonyl (C=O) groups excluding carboxylic acids is 4. The highest BCUT2D eigenvalue weighted by molar-refractivity contribution is 5.95. The molecular formula is C23H30F5N3O6. The van der Waals surface area contributed by atoms with Crippen molar-refractivity contribution in [3.05, 3.63) is 0 Å². The Kier molecular flexibility index (Phi) is 7.30. The van der Waals surface area contributed by atoms with Gasteiger partial charge in [-0.2, -0.15) is 0 Å². The quantitative estimate of drug-likeness (QED) is 0.401. The predicted molar refractivity (Wildman–Crippen MR) is 115 cm³/mol. The molecule has 3 amide bonds. The van der Waals surface area contributed by atoms with E-state index in [9.17, 15) is 46.2 Å². The maximum absolute atomic E-state index is 13.6. The average Bonchev–Trinajstić information content (AvgIpc) is 3.28. The number of ketones is 1. The topological polar surface area (TPSA) is 125 Å². The molecule has 0 bridgehead atoms. The largest absolute Gasteiger partial charge is 0.522 e. The van der Waals surface area contributed by atoms with Crippen LogP contribution in [0.3, 0.4) is 0 Å². The van der Waals surface area contributed by atoms with Crippen LogP contribution in [-0.2, 0) is 23.9 Å². The number of ether oxygens (including phenoxy) is 1. The summed E-state index contributed by atoms with van der Waals surface area (Å²) >= 11 is 0. The van der Waals surface area contributed by atoms with E-state index in [2.05, 4.69) is 15.4 Å². The number of amides is 3. The number of aliphatic hydroxyl groups is 1.